The number of hydrogen-bond donors (Lipinski definition) is 2. The van der Waals surface area contributed by atoms with Crippen LogP contribution >= 0.6 is 0 Å². The van der Waals surface area contributed by atoms with Gasteiger partial charge in [0, 0.05) is 6.04 Å². The van der Waals surface area contributed by atoms with Gasteiger partial charge in [0.2, 0.25) is 0 Å². The third-order valence-electron chi connectivity index (χ3n) is 3.66. The Balaban J connectivity index is 2.00. The van der Waals surface area contributed by atoms with Gasteiger partial charge in [0.25, 0.3) is 0 Å². The van der Waals surface area contributed by atoms with Gasteiger partial charge in [-0.05, 0) is 41.9 Å². The Morgan fingerprint density at radius 3 is 2.44 bits per heavy atom. The number of hydrogen-bond acceptors (Lipinski definition) is 2. The van der Waals surface area contributed by atoms with Crippen molar-refractivity contribution in [3.63, 3.8) is 0 Å². The van der Waals surface area contributed by atoms with Gasteiger partial charge in [0.15, 0.2) is 0 Å². The third-order valence-corrected chi connectivity index (χ3v) is 3.66. The fourth-order valence-corrected chi connectivity index (χ4v) is 2.39. The number of hydrazine groups is 1. The molecule has 1 saturated carbocycles. The molecule has 1 aromatic carbocycles. The van der Waals surface area contributed by atoms with Crippen molar-refractivity contribution in [2.24, 2.45) is 17.2 Å². The van der Waals surface area contributed by atoms with Crippen molar-refractivity contribution in [2.45, 2.75) is 32.7 Å². The summed E-state index contributed by atoms with van der Waals surface area (Å²) in [5, 5.41) is 0. The Hall–Kier alpha value is -0.930. The number of rotatable bonds is 4. The van der Waals surface area contributed by atoms with Crippen molar-refractivity contribution in [3.8, 4) is 0 Å². The molecule has 1 aliphatic rings. The molecule has 1 fully saturated rings. The van der Waals surface area contributed by atoms with E-state index in [1.165, 1.54) is 18.6 Å². The average molecular weight is 222 g/mol. The molecule has 0 saturated heterocycles. The lowest BCUT2D eigenvalue weighted by molar-refractivity contribution is 0.408. The summed E-state index contributed by atoms with van der Waals surface area (Å²) in [5.41, 5.74) is 4.42. The van der Waals surface area contributed by atoms with Crippen molar-refractivity contribution < 1.29 is 4.39 Å². The van der Waals surface area contributed by atoms with E-state index in [1.807, 2.05) is 12.1 Å². The van der Waals surface area contributed by atoms with E-state index in [4.69, 9.17) is 5.84 Å². The number of halogens is 1. The molecule has 0 aromatic heterocycles. The van der Waals surface area contributed by atoms with E-state index < -0.39 is 0 Å². The quantitative estimate of drug-likeness (QED) is 0.605. The summed E-state index contributed by atoms with van der Waals surface area (Å²) in [6.07, 6.45) is 2.08. The van der Waals surface area contributed by atoms with E-state index in [0.717, 1.165) is 12.0 Å². The van der Waals surface area contributed by atoms with Crippen LogP contribution in [0.4, 0.5) is 4.39 Å². The summed E-state index contributed by atoms with van der Waals surface area (Å²) in [7, 11) is 0. The molecular weight excluding hydrogens is 203 g/mol. The largest absolute Gasteiger partial charge is 0.271 e. The first kappa shape index (κ1) is 11.6. The molecular formula is C13H19FN2. The lowest BCUT2D eigenvalue weighted by atomic mass is 9.98. The predicted molar refractivity (Wildman–Crippen MR) is 63.1 cm³/mol. The highest BCUT2D eigenvalue weighted by Gasteiger charge is 2.49. The van der Waals surface area contributed by atoms with Gasteiger partial charge in [-0.3, -0.25) is 11.3 Å². The van der Waals surface area contributed by atoms with Crippen molar-refractivity contribution in [2.75, 3.05) is 0 Å². The van der Waals surface area contributed by atoms with E-state index in [0.29, 0.717) is 17.4 Å². The second-order valence-corrected chi connectivity index (χ2v) is 5.40. The second-order valence-electron chi connectivity index (χ2n) is 5.40. The van der Waals surface area contributed by atoms with Crippen molar-refractivity contribution in [3.05, 3.63) is 35.6 Å². The monoisotopic (exact) mass is 222 g/mol. The second kappa shape index (κ2) is 4.15. The first-order valence-corrected chi connectivity index (χ1v) is 5.73. The standard InChI is InChI=1S/C13H19FN2/c1-13(2)8-11(13)12(16-15)7-9-3-5-10(14)6-4-9/h3-6,11-12,16H,7-8,15H2,1-2H3. The molecule has 2 rings (SSSR count). The Bertz CT molecular complexity index is 359. The predicted octanol–water partition coefficient (Wildman–Crippen LogP) is 2.25. The van der Waals surface area contributed by atoms with E-state index in [2.05, 4.69) is 19.3 Å². The van der Waals surface area contributed by atoms with Crippen LogP contribution in [0, 0.1) is 17.2 Å². The van der Waals surface area contributed by atoms with Crippen LogP contribution in [0.1, 0.15) is 25.8 Å². The first-order chi connectivity index (χ1) is 7.53. The minimum Gasteiger partial charge on any atom is -0.271 e. The summed E-state index contributed by atoms with van der Waals surface area (Å²) in [6.45, 7) is 4.51. The van der Waals surface area contributed by atoms with Crippen LogP contribution in [0.2, 0.25) is 0 Å². The van der Waals surface area contributed by atoms with Gasteiger partial charge in [0.1, 0.15) is 5.82 Å². The zero-order valence-electron chi connectivity index (χ0n) is 9.83. The van der Waals surface area contributed by atoms with Crippen LogP contribution in [-0.2, 0) is 6.42 Å². The van der Waals surface area contributed by atoms with Crippen molar-refractivity contribution in [1.29, 1.82) is 0 Å². The number of benzene rings is 1. The molecule has 0 heterocycles. The van der Waals surface area contributed by atoms with Gasteiger partial charge in [-0.25, -0.2) is 4.39 Å². The average Bonchev–Trinajstić information content (AvgIpc) is 2.87. The molecule has 88 valence electrons. The van der Waals surface area contributed by atoms with E-state index in [1.54, 1.807) is 0 Å². The van der Waals surface area contributed by atoms with Crippen LogP contribution in [0.15, 0.2) is 24.3 Å². The highest BCUT2D eigenvalue weighted by molar-refractivity contribution is 5.18. The molecule has 1 aromatic rings. The Kier molecular flexibility index (Phi) is 3.00. The first-order valence-electron chi connectivity index (χ1n) is 5.73. The molecule has 2 atom stereocenters. The summed E-state index contributed by atoms with van der Waals surface area (Å²) in [5.74, 6) is 6.03. The molecule has 16 heavy (non-hydrogen) atoms. The maximum atomic E-state index is 12.8. The molecule has 1 aliphatic carbocycles. The van der Waals surface area contributed by atoms with Crippen LogP contribution < -0.4 is 11.3 Å². The fraction of sp³-hybridized carbons (Fsp3) is 0.538. The summed E-state index contributed by atoms with van der Waals surface area (Å²) < 4.78 is 12.8. The summed E-state index contributed by atoms with van der Waals surface area (Å²) in [4.78, 5) is 0. The van der Waals surface area contributed by atoms with Crippen LogP contribution in [-0.4, -0.2) is 6.04 Å². The lowest BCUT2D eigenvalue weighted by Gasteiger charge is -2.17. The normalized spacial score (nSPS) is 24.1. The molecule has 3 N–H and O–H groups in total. The number of nitrogens with two attached hydrogens (primary N) is 1. The van der Waals surface area contributed by atoms with Crippen LogP contribution in [0.5, 0.6) is 0 Å². The van der Waals surface area contributed by atoms with Crippen LogP contribution in [0.25, 0.3) is 0 Å². The topological polar surface area (TPSA) is 38.0 Å². The lowest BCUT2D eigenvalue weighted by Crippen LogP contribution is -2.39. The molecule has 0 spiro atoms. The molecule has 0 amide bonds. The minimum atomic E-state index is -0.187. The van der Waals surface area contributed by atoms with Crippen molar-refractivity contribution in [1.82, 2.24) is 5.43 Å². The molecule has 0 radical (unpaired) electrons. The minimum absolute atomic E-state index is 0.187. The van der Waals surface area contributed by atoms with Crippen molar-refractivity contribution >= 4 is 0 Å². The zero-order chi connectivity index (χ0) is 11.8. The number of nitrogens with one attached hydrogen (secondary N) is 1. The smallest absolute Gasteiger partial charge is 0.123 e. The van der Waals surface area contributed by atoms with Crippen LogP contribution in [0.3, 0.4) is 0 Å². The molecule has 3 heteroatoms. The molecule has 0 aliphatic heterocycles. The van der Waals surface area contributed by atoms with E-state index in [-0.39, 0.29) is 5.82 Å². The van der Waals surface area contributed by atoms with Gasteiger partial charge in [0.05, 0.1) is 0 Å². The summed E-state index contributed by atoms with van der Waals surface area (Å²) >= 11 is 0. The fourth-order valence-electron chi connectivity index (χ4n) is 2.39. The Labute approximate surface area is 96.0 Å². The Morgan fingerprint density at radius 1 is 1.44 bits per heavy atom. The zero-order valence-corrected chi connectivity index (χ0v) is 9.83. The highest BCUT2D eigenvalue weighted by atomic mass is 19.1. The van der Waals surface area contributed by atoms with E-state index in [9.17, 15) is 4.39 Å². The molecule has 2 unspecified atom stereocenters. The van der Waals surface area contributed by atoms with Gasteiger partial charge >= 0.3 is 0 Å². The maximum Gasteiger partial charge on any atom is 0.123 e. The van der Waals surface area contributed by atoms with E-state index >= 15 is 0 Å². The maximum absolute atomic E-state index is 12.8. The Morgan fingerprint density at radius 2 is 2.00 bits per heavy atom. The molecule has 0 bridgehead atoms. The van der Waals surface area contributed by atoms with Gasteiger partial charge in [-0.1, -0.05) is 26.0 Å². The summed E-state index contributed by atoms with van der Waals surface area (Å²) in [6, 6.07) is 6.95. The highest BCUT2D eigenvalue weighted by Crippen LogP contribution is 2.53. The molecule has 2 nitrogen and oxygen atoms in total. The third kappa shape index (κ3) is 2.42. The SMILES string of the molecule is CC1(C)CC1C(Cc1ccc(F)cc1)NN. The van der Waals surface area contributed by atoms with Gasteiger partial charge in [-0.2, -0.15) is 0 Å². The van der Waals surface area contributed by atoms with Gasteiger partial charge in [-0.15, -0.1) is 0 Å². The van der Waals surface area contributed by atoms with Gasteiger partial charge < -0.3 is 0 Å².